The average molecular weight is 389 g/mol. The number of amides is 1. The number of nitrogens with zero attached hydrogens (tertiary/aromatic N) is 2. The van der Waals surface area contributed by atoms with Gasteiger partial charge in [-0.25, -0.2) is 4.98 Å². The molecule has 1 amide bonds. The third kappa shape index (κ3) is 3.35. The van der Waals surface area contributed by atoms with E-state index in [-0.39, 0.29) is 27.2 Å². The van der Waals surface area contributed by atoms with Gasteiger partial charge in [-0.05, 0) is 23.6 Å². The highest BCUT2D eigenvalue weighted by atomic mass is 35.5. The molecule has 0 saturated heterocycles. The van der Waals surface area contributed by atoms with E-state index in [4.69, 9.17) is 34.8 Å². The predicted octanol–water partition coefficient (Wildman–Crippen LogP) is 4.06. The molecule has 3 aromatic rings. The van der Waals surface area contributed by atoms with Crippen LogP contribution < -0.4 is 10.9 Å². The lowest BCUT2D eigenvalue weighted by molar-refractivity contribution is -0.116. The van der Waals surface area contributed by atoms with Crippen molar-refractivity contribution in [2.45, 2.75) is 6.54 Å². The van der Waals surface area contributed by atoms with Crippen molar-refractivity contribution >= 4 is 68.0 Å². The van der Waals surface area contributed by atoms with E-state index in [0.717, 1.165) is 0 Å². The Morgan fingerprint density at radius 2 is 1.96 bits per heavy atom. The van der Waals surface area contributed by atoms with Crippen LogP contribution in [0.5, 0.6) is 0 Å². The molecule has 23 heavy (non-hydrogen) atoms. The van der Waals surface area contributed by atoms with E-state index in [1.54, 1.807) is 11.4 Å². The van der Waals surface area contributed by atoms with Gasteiger partial charge in [-0.2, -0.15) is 0 Å². The lowest BCUT2D eigenvalue weighted by atomic mass is 10.3. The summed E-state index contributed by atoms with van der Waals surface area (Å²) in [6.07, 6.45) is 1.34. The van der Waals surface area contributed by atoms with Crippen LogP contribution in [-0.2, 0) is 11.3 Å². The third-order valence-corrected chi connectivity index (χ3v) is 4.90. The van der Waals surface area contributed by atoms with Crippen molar-refractivity contribution in [1.29, 1.82) is 0 Å². The lowest BCUT2D eigenvalue weighted by Crippen LogP contribution is -2.27. The van der Waals surface area contributed by atoms with E-state index in [2.05, 4.69) is 10.3 Å². The first-order valence-electron chi connectivity index (χ1n) is 6.33. The molecular weight excluding hydrogens is 381 g/mol. The van der Waals surface area contributed by atoms with Crippen LogP contribution in [0.3, 0.4) is 0 Å². The van der Waals surface area contributed by atoms with Gasteiger partial charge in [0.1, 0.15) is 11.4 Å². The molecule has 2 aromatic heterocycles. The molecule has 0 fully saturated rings. The second-order valence-electron chi connectivity index (χ2n) is 4.61. The summed E-state index contributed by atoms with van der Waals surface area (Å²) in [6.45, 7) is -0.186. The number of rotatable bonds is 3. The molecule has 118 valence electrons. The average Bonchev–Trinajstić information content (AvgIpc) is 2.97. The Balaban J connectivity index is 1.83. The summed E-state index contributed by atoms with van der Waals surface area (Å²) in [5.41, 5.74) is 0.0512. The van der Waals surface area contributed by atoms with Crippen molar-refractivity contribution in [3.05, 3.63) is 55.3 Å². The van der Waals surface area contributed by atoms with Gasteiger partial charge in [0, 0.05) is 0 Å². The van der Waals surface area contributed by atoms with Crippen LogP contribution in [0.25, 0.3) is 10.2 Å². The molecule has 0 bridgehead atoms. The maximum atomic E-state index is 12.2. The number of aromatic nitrogens is 2. The molecule has 0 saturated carbocycles. The Morgan fingerprint density at radius 3 is 2.74 bits per heavy atom. The molecule has 1 N–H and O–H groups in total. The molecule has 9 heteroatoms. The number of anilines is 1. The van der Waals surface area contributed by atoms with Gasteiger partial charge in [-0.15, -0.1) is 11.3 Å². The van der Waals surface area contributed by atoms with Crippen molar-refractivity contribution in [2.24, 2.45) is 0 Å². The zero-order valence-corrected chi connectivity index (χ0v) is 14.4. The molecule has 0 aliphatic rings. The standard InChI is InChI=1S/C14H8Cl3N3O2S/c15-8-3-10(17)11(4-9(8)16)19-12(21)5-20-6-18-13-7(14(20)22)1-2-23-13/h1-4,6H,5H2,(H,19,21). The number of carbonyl (C=O) groups excluding carboxylic acids is 1. The van der Waals surface area contributed by atoms with Gasteiger partial charge < -0.3 is 5.32 Å². The normalized spacial score (nSPS) is 10.9. The summed E-state index contributed by atoms with van der Waals surface area (Å²) in [5.74, 6) is -0.427. The fourth-order valence-electron chi connectivity index (χ4n) is 1.97. The number of benzene rings is 1. The predicted molar refractivity (Wildman–Crippen MR) is 94.0 cm³/mol. The van der Waals surface area contributed by atoms with Crippen LogP contribution in [0.1, 0.15) is 0 Å². The summed E-state index contributed by atoms with van der Waals surface area (Å²) in [5, 5.41) is 5.67. The minimum atomic E-state index is -0.427. The Hall–Kier alpha value is -1.60. The summed E-state index contributed by atoms with van der Waals surface area (Å²) in [4.78, 5) is 29.1. The summed E-state index contributed by atoms with van der Waals surface area (Å²) in [7, 11) is 0. The van der Waals surface area contributed by atoms with Gasteiger partial charge in [0.2, 0.25) is 5.91 Å². The minimum absolute atomic E-state index is 0.186. The summed E-state index contributed by atoms with van der Waals surface area (Å²) in [6, 6.07) is 4.57. The second kappa shape index (κ2) is 6.49. The van der Waals surface area contributed by atoms with E-state index in [9.17, 15) is 9.59 Å². The van der Waals surface area contributed by atoms with E-state index >= 15 is 0 Å². The molecule has 0 spiro atoms. The number of fused-ring (bicyclic) bond motifs is 1. The number of hydrogen-bond acceptors (Lipinski definition) is 4. The Labute approximate surface area is 149 Å². The highest BCUT2D eigenvalue weighted by Gasteiger charge is 2.12. The lowest BCUT2D eigenvalue weighted by Gasteiger charge is -2.09. The molecule has 0 radical (unpaired) electrons. The number of carbonyl (C=O) groups is 1. The van der Waals surface area contributed by atoms with E-state index in [1.807, 2.05) is 0 Å². The highest BCUT2D eigenvalue weighted by molar-refractivity contribution is 7.16. The number of hydrogen-bond donors (Lipinski definition) is 1. The first kappa shape index (κ1) is 16.3. The highest BCUT2D eigenvalue weighted by Crippen LogP contribution is 2.32. The van der Waals surface area contributed by atoms with Crippen LogP contribution in [-0.4, -0.2) is 15.5 Å². The van der Waals surface area contributed by atoms with Gasteiger partial charge in [-0.3, -0.25) is 14.2 Å². The Morgan fingerprint density at radius 1 is 1.22 bits per heavy atom. The smallest absolute Gasteiger partial charge is 0.262 e. The summed E-state index contributed by atoms with van der Waals surface area (Å²) >= 11 is 19.1. The Bertz CT molecular complexity index is 968. The van der Waals surface area contributed by atoms with Crippen molar-refractivity contribution in [3.8, 4) is 0 Å². The SMILES string of the molecule is O=C(Cn1cnc2sccc2c1=O)Nc1cc(Cl)c(Cl)cc1Cl. The molecule has 0 aliphatic heterocycles. The minimum Gasteiger partial charge on any atom is -0.323 e. The first-order chi connectivity index (χ1) is 11.0. The van der Waals surface area contributed by atoms with Gasteiger partial charge in [0.25, 0.3) is 5.56 Å². The quantitative estimate of drug-likeness (QED) is 0.688. The van der Waals surface area contributed by atoms with Crippen LogP contribution in [0, 0.1) is 0 Å². The van der Waals surface area contributed by atoms with Crippen LogP contribution in [0.15, 0.2) is 34.7 Å². The number of halogens is 3. The topological polar surface area (TPSA) is 64.0 Å². The zero-order valence-electron chi connectivity index (χ0n) is 11.3. The maximum absolute atomic E-state index is 12.2. The monoisotopic (exact) mass is 387 g/mol. The van der Waals surface area contributed by atoms with E-state index < -0.39 is 5.91 Å². The van der Waals surface area contributed by atoms with Crippen LogP contribution >= 0.6 is 46.1 Å². The number of thiophene rings is 1. The van der Waals surface area contributed by atoms with Gasteiger partial charge in [-0.1, -0.05) is 34.8 Å². The van der Waals surface area contributed by atoms with Crippen molar-refractivity contribution in [1.82, 2.24) is 9.55 Å². The molecule has 0 unspecified atom stereocenters. The van der Waals surface area contributed by atoms with Crippen LogP contribution in [0.4, 0.5) is 5.69 Å². The molecule has 0 atom stereocenters. The van der Waals surface area contributed by atoms with Crippen molar-refractivity contribution in [2.75, 3.05) is 5.32 Å². The molecule has 2 heterocycles. The fraction of sp³-hybridized carbons (Fsp3) is 0.0714. The molecular formula is C14H8Cl3N3O2S. The van der Waals surface area contributed by atoms with Gasteiger partial charge in [0.05, 0.1) is 32.5 Å². The molecule has 3 rings (SSSR count). The summed E-state index contributed by atoms with van der Waals surface area (Å²) < 4.78 is 1.23. The largest absolute Gasteiger partial charge is 0.323 e. The third-order valence-electron chi connectivity index (χ3n) is 3.05. The zero-order chi connectivity index (χ0) is 16.6. The molecule has 1 aromatic carbocycles. The fourth-order valence-corrected chi connectivity index (χ4v) is 3.29. The second-order valence-corrected chi connectivity index (χ2v) is 6.73. The van der Waals surface area contributed by atoms with Crippen LogP contribution in [0.2, 0.25) is 15.1 Å². The van der Waals surface area contributed by atoms with E-state index in [1.165, 1.54) is 34.4 Å². The van der Waals surface area contributed by atoms with Crippen molar-refractivity contribution in [3.63, 3.8) is 0 Å². The van der Waals surface area contributed by atoms with Crippen molar-refractivity contribution < 1.29 is 4.79 Å². The molecule has 0 aliphatic carbocycles. The van der Waals surface area contributed by atoms with Gasteiger partial charge >= 0.3 is 0 Å². The molecule has 5 nitrogen and oxygen atoms in total. The first-order valence-corrected chi connectivity index (χ1v) is 8.34. The van der Waals surface area contributed by atoms with Gasteiger partial charge in [0.15, 0.2) is 0 Å². The van der Waals surface area contributed by atoms with E-state index in [0.29, 0.717) is 15.9 Å². The maximum Gasteiger partial charge on any atom is 0.262 e. The number of nitrogens with one attached hydrogen (secondary N) is 1. The Kier molecular flexibility index (Phi) is 4.59.